The lowest BCUT2D eigenvalue weighted by molar-refractivity contribution is -0.137. The third kappa shape index (κ3) is 5.80. The molecule has 0 radical (unpaired) electrons. The highest BCUT2D eigenvalue weighted by Gasteiger charge is 2.31. The van der Waals surface area contributed by atoms with Crippen LogP contribution in [0.4, 0.5) is 34.5 Å². The monoisotopic (exact) mass is 526 g/mol. The van der Waals surface area contributed by atoms with E-state index in [1.54, 1.807) is 30.4 Å². The molecule has 0 unspecified atom stereocenters. The van der Waals surface area contributed by atoms with Crippen molar-refractivity contribution in [3.63, 3.8) is 0 Å². The summed E-state index contributed by atoms with van der Waals surface area (Å²) in [5.74, 6) is 0.537. The predicted molar refractivity (Wildman–Crippen MR) is 135 cm³/mol. The molecule has 2 N–H and O–H groups in total. The highest BCUT2D eigenvalue weighted by Crippen LogP contribution is 2.34. The Morgan fingerprint density at radius 3 is 2.38 bits per heavy atom. The van der Waals surface area contributed by atoms with Crippen molar-refractivity contribution in [3.8, 4) is 22.2 Å². The third-order valence-electron chi connectivity index (χ3n) is 5.67. The zero-order valence-corrected chi connectivity index (χ0v) is 20.4. The summed E-state index contributed by atoms with van der Waals surface area (Å²) < 4.78 is 44.5. The molecule has 4 aromatic rings. The van der Waals surface area contributed by atoms with Gasteiger partial charge in [0.05, 0.1) is 28.5 Å². The van der Waals surface area contributed by atoms with Gasteiger partial charge in [0, 0.05) is 25.0 Å². The van der Waals surface area contributed by atoms with Crippen molar-refractivity contribution in [1.82, 2.24) is 15.0 Å². The van der Waals surface area contributed by atoms with E-state index in [1.165, 1.54) is 24.9 Å². The molecule has 2 aromatic carbocycles. The SMILES string of the molecule is Cc1ccc(C(F)(F)F)cc1NC(=O)Nc1cnc(Oc2ccc(-c3cnc(N4CCC4)s3)cc2)nc1. The van der Waals surface area contributed by atoms with E-state index in [-0.39, 0.29) is 17.4 Å². The first-order valence-electron chi connectivity index (χ1n) is 11.3. The van der Waals surface area contributed by atoms with E-state index in [1.807, 2.05) is 18.3 Å². The Labute approximate surface area is 214 Å². The number of hydrogen-bond donors (Lipinski definition) is 2. The molecule has 1 aliphatic heterocycles. The van der Waals surface area contributed by atoms with Gasteiger partial charge in [0.25, 0.3) is 0 Å². The number of anilines is 3. The van der Waals surface area contributed by atoms with Crippen LogP contribution in [0.1, 0.15) is 17.5 Å². The first-order valence-corrected chi connectivity index (χ1v) is 12.1. The number of rotatable bonds is 6. The molecule has 0 saturated carbocycles. The number of carbonyl (C=O) groups excluding carboxylic acids is 1. The van der Waals surface area contributed by atoms with Crippen LogP contribution in [0.2, 0.25) is 0 Å². The first-order chi connectivity index (χ1) is 17.7. The minimum absolute atomic E-state index is 0.0479. The summed E-state index contributed by atoms with van der Waals surface area (Å²) in [6, 6.07) is 9.95. The molecule has 3 heterocycles. The van der Waals surface area contributed by atoms with Gasteiger partial charge < -0.3 is 20.3 Å². The fourth-order valence-electron chi connectivity index (χ4n) is 3.50. The Kier molecular flexibility index (Phi) is 6.66. The maximum atomic E-state index is 13.0. The number of urea groups is 1. The molecule has 8 nitrogen and oxygen atoms in total. The van der Waals surface area contributed by atoms with Crippen LogP contribution < -0.4 is 20.3 Å². The standard InChI is InChI=1S/C25H21F3N6O2S/c1-15-3-6-17(25(26,27)28)11-20(15)33-22(35)32-18-12-29-23(30-13-18)36-19-7-4-16(5-8-19)21-14-31-24(37-21)34-9-2-10-34/h3-8,11-14H,2,9-10H2,1H3,(H2,32,33,35). The lowest BCUT2D eigenvalue weighted by Crippen LogP contribution is -2.36. The Morgan fingerprint density at radius 2 is 1.73 bits per heavy atom. The molecule has 12 heteroatoms. The number of halogens is 3. The molecular formula is C25H21F3N6O2S. The van der Waals surface area contributed by atoms with Crippen molar-refractivity contribution in [1.29, 1.82) is 0 Å². The number of alkyl halides is 3. The van der Waals surface area contributed by atoms with E-state index >= 15 is 0 Å². The highest BCUT2D eigenvalue weighted by atomic mass is 32.1. The van der Waals surface area contributed by atoms with Crippen molar-refractivity contribution in [2.75, 3.05) is 28.6 Å². The summed E-state index contributed by atoms with van der Waals surface area (Å²) in [7, 11) is 0. The first kappa shape index (κ1) is 24.5. The van der Waals surface area contributed by atoms with Gasteiger partial charge in [0.2, 0.25) is 0 Å². The van der Waals surface area contributed by atoms with Gasteiger partial charge in [-0.3, -0.25) is 0 Å². The zero-order chi connectivity index (χ0) is 26.0. The van der Waals surface area contributed by atoms with Crippen molar-refractivity contribution in [2.24, 2.45) is 0 Å². The average molecular weight is 527 g/mol. The van der Waals surface area contributed by atoms with Crippen LogP contribution in [-0.4, -0.2) is 34.1 Å². The predicted octanol–water partition coefficient (Wildman–Crippen LogP) is 6.57. The molecule has 0 atom stereocenters. The van der Waals surface area contributed by atoms with Crippen LogP contribution in [0.25, 0.3) is 10.4 Å². The molecule has 2 amide bonds. The van der Waals surface area contributed by atoms with Crippen molar-refractivity contribution in [3.05, 3.63) is 72.2 Å². The lowest BCUT2D eigenvalue weighted by atomic mass is 10.1. The lowest BCUT2D eigenvalue weighted by Gasteiger charge is -2.30. The quantitative estimate of drug-likeness (QED) is 0.295. The molecule has 190 valence electrons. The van der Waals surface area contributed by atoms with E-state index in [2.05, 4.69) is 30.5 Å². The number of ether oxygens (including phenoxy) is 1. The van der Waals surface area contributed by atoms with Gasteiger partial charge in [0.1, 0.15) is 5.75 Å². The Hall–Kier alpha value is -4.19. The number of benzene rings is 2. The summed E-state index contributed by atoms with van der Waals surface area (Å²) >= 11 is 1.65. The van der Waals surface area contributed by atoms with Crippen molar-refractivity contribution < 1.29 is 22.7 Å². The summed E-state index contributed by atoms with van der Waals surface area (Å²) in [4.78, 5) is 28.2. The molecule has 2 aromatic heterocycles. The topological polar surface area (TPSA) is 92.3 Å². The summed E-state index contributed by atoms with van der Waals surface area (Å²) in [5.41, 5.74) is 0.953. The number of aryl methyl sites for hydroxylation is 1. The Bertz CT molecular complexity index is 1400. The van der Waals surface area contributed by atoms with Gasteiger partial charge in [-0.1, -0.05) is 17.4 Å². The van der Waals surface area contributed by atoms with Gasteiger partial charge in [-0.15, -0.1) is 0 Å². The largest absolute Gasteiger partial charge is 0.424 e. The van der Waals surface area contributed by atoms with Crippen LogP contribution in [0.5, 0.6) is 11.8 Å². The normalized spacial score (nSPS) is 13.1. The molecule has 1 aliphatic rings. The number of hydrogen-bond acceptors (Lipinski definition) is 7. The van der Waals surface area contributed by atoms with E-state index in [4.69, 9.17) is 4.74 Å². The van der Waals surface area contributed by atoms with E-state index in [0.717, 1.165) is 40.8 Å². The third-order valence-corrected chi connectivity index (χ3v) is 6.77. The maximum Gasteiger partial charge on any atom is 0.416 e. The summed E-state index contributed by atoms with van der Waals surface area (Å²) in [5, 5.41) is 5.94. The van der Waals surface area contributed by atoms with Crippen molar-refractivity contribution >= 4 is 33.9 Å². The Morgan fingerprint density at radius 1 is 1.00 bits per heavy atom. The molecule has 0 aliphatic carbocycles. The minimum Gasteiger partial charge on any atom is -0.424 e. The molecule has 0 spiro atoms. The summed E-state index contributed by atoms with van der Waals surface area (Å²) in [6.07, 6.45) is 1.23. The van der Waals surface area contributed by atoms with E-state index in [0.29, 0.717) is 11.3 Å². The van der Waals surface area contributed by atoms with Crippen molar-refractivity contribution in [2.45, 2.75) is 19.5 Å². The number of nitrogens with zero attached hydrogens (tertiary/aromatic N) is 4. The second-order valence-electron chi connectivity index (χ2n) is 8.34. The van der Waals surface area contributed by atoms with E-state index in [9.17, 15) is 18.0 Å². The van der Waals surface area contributed by atoms with Gasteiger partial charge in [0.15, 0.2) is 5.13 Å². The highest BCUT2D eigenvalue weighted by molar-refractivity contribution is 7.18. The summed E-state index contributed by atoms with van der Waals surface area (Å²) in [6.45, 7) is 3.70. The second-order valence-corrected chi connectivity index (χ2v) is 9.34. The molecule has 37 heavy (non-hydrogen) atoms. The maximum absolute atomic E-state index is 13.0. The van der Waals surface area contributed by atoms with Gasteiger partial charge in [-0.2, -0.15) is 13.2 Å². The van der Waals surface area contributed by atoms with Crippen LogP contribution in [-0.2, 0) is 6.18 Å². The number of aromatic nitrogens is 3. The van der Waals surface area contributed by atoms with Crippen LogP contribution in [0, 0.1) is 6.92 Å². The second kappa shape index (κ2) is 10.1. The molecular weight excluding hydrogens is 505 g/mol. The van der Waals surface area contributed by atoms with Crippen LogP contribution in [0.3, 0.4) is 0 Å². The number of amides is 2. The fourth-order valence-corrected chi connectivity index (χ4v) is 4.47. The molecule has 1 saturated heterocycles. The number of carbonyl (C=O) groups is 1. The zero-order valence-electron chi connectivity index (χ0n) is 19.5. The molecule has 5 rings (SSSR count). The number of thiazole rings is 1. The fraction of sp³-hybridized carbons (Fsp3) is 0.200. The minimum atomic E-state index is -4.51. The van der Waals surface area contributed by atoms with E-state index < -0.39 is 17.8 Å². The van der Waals surface area contributed by atoms with Gasteiger partial charge in [-0.05, 0) is 60.9 Å². The number of nitrogens with one attached hydrogen (secondary N) is 2. The molecule has 1 fully saturated rings. The average Bonchev–Trinajstić information content (AvgIpc) is 3.30. The van der Waals surface area contributed by atoms with Gasteiger partial charge in [-0.25, -0.2) is 19.7 Å². The molecule has 0 bridgehead atoms. The van der Waals surface area contributed by atoms with Crippen LogP contribution in [0.15, 0.2) is 61.1 Å². The van der Waals surface area contributed by atoms with Gasteiger partial charge >= 0.3 is 18.2 Å². The smallest absolute Gasteiger partial charge is 0.416 e. The Balaban J connectivity index is 1.17. The van der Waals surface area contributed by atoms with Crippen LogP contribution >= 0.6 is 11.3 Å².